The summed E-state index contributed by atoms with van der Waals surface area (Å²) < 4.78 is 16.6. The minimum Gasteiger partial charge on any atom is -0.485 e. The molecule has 4 rings (SSSR count). The van der Waals surface area contributed by atoms with E-state index >= 15 is 0 Å². The number of benzene rings is 2. The number of aryl methyl sites for hydroxylation is 1. The van der Waals surface area contributed by atoms with Crippen LogP contribution >= 0.6 is 0 Å². The lowest BCUT2D eigenvalue weighted by Gasteiger charge is -2.28. The van der Waals surface area contributed by atoms with Gasteiger partial charge in [0.15, 0.2) is 24.7 Å². The number of carbonyl (C=O) groups excluding carboxylic acids is 3. The van der Waals surface area contributed by atoms with E-state index in [1.54, 1.807) is 24.3 Å². The monoisotopic (exact) mass is 477 g/mol. The summed E-state index contributed by atoms with van der Waals surface area (Å²) in [5.74, 6) is 0.355. The van der Waals surface area contributed by atoms with E-state index < -0.39 is 0 Å². The SMILES string of the molecule is CCc1cccc(OCC(=O)c2ccc3c(c2)N(Cc2nc(C(=O)NC(C)C)co2)C(=O)CO3)c1. The highest BCUT2D eigenvalue weighted by Crippen LogP contribution is 2.34. The van der Waals surface area contributed by atoms with Crippen molar-refractivity contribution < 1.29 is 28.3 Å². The van der Waals surface area contributed by atoms with Crippen LogP contribution in [0.2, 0.25) is 0 Å². The molecule has 0 fully saturated rings. The minimum atomic E-state index is -0.360. The molecule has 35 heavy (non-hydrogen) atoms. The molecule has 9 nitrogen and oxygen atoms in total. The van der Waals surface area contributed by atoms with E-state index in [-0.39, 0.29) is 55.0 Å². The van der Waals surface area contributed by atoms with Gasteiger partial charge < -0.3 is 19.2 Å². The molecular formula is C26H27N3O6. The number of hydrogen-bond acceptors (Lipinski definition) is 7. The molecule has 0 aliphatic carbocycles. The number of nitrogens with zero attached hydrogens (tertiary/aromatic N) is 2. The maximum atomic E-state index is 12.8. The van der Waals surface area contributed by atoms with Crippen molar-refractivity contribution in [3.63, 3.8) is 0 Å². The van der Waals surface area contributed by atoms with Crippen LogP contribution in [0.4, 0.5) is 5.69 Å². The van der Waals surface area contributed by atoms with Crippen LogP contribution in [0.1, 0.15) is 53.1 Å². The van der Waals surface area contributed by atoms with Gasteiger partial charge in [0.25, 0.3) is 11.8 Å². The Morgan fingerprint density at radius 2 is 2.03 bits per heavy atom. The molecular weight excluding hydrogens is 450 g/mol. The lowest BCUT2D eigenvalue weighted by molar-refractivity contribution is -0.121. The molecule has 3 aromatic rings. The van der Waals surface area contributed by atoms with Crippen LogP contribution in [-0.4, -0.2) is 41.8 Å². The fraction of sp³-hybridized carbons (Fsp3) is 0.308. The number of nitrogens with one attached hydrogen (secondary N) is 1. The van der Waals surface area contributed by atoms with Crippen molar-refractivity contribution in [2.45, 2.75) is 39.8 Å². The van der Waals surface area contributed by atoms with Gasteiger partial charge in [-0.15, -0.1) is 0 Å². The van der Waals surface area contributed by atoms with E-state index in [9.17, 15) is 14.4 Å². The quantitative estimate of drug-likeness (QED) is 0.469. The number of rotatable bonds is 9. The highest BCUT2D eigenvalue weighted by Gasteiger charge is 2.28. The first kappa shape index (κ1) is 24.0. The first-order chi connectivity index (χ1) is 16.8. The second-order valence-corrected chi connectivity index (χ2v) is 8.42. The van der Waals surface area contributed by atoms with Gasteiger partial charge in [-0.2, -0.15) is 0 Å². The van der Waals surface area contributed by atoms with Gasteiger partial charge in [0.1, 0.15) is 24.3 Å². The zero-order chi connectivity index (χ0) is 24.9. The van der Waals surface area contributed by atoms with Crippen molar-refractivity contribution in [3.05, 3.63) is 71.4 Å². The Labute approximate surface area is 203 Å². The molecule has 1 aliphatic heterocycles. The number of oxazole rings is 1. The Bertz CT molecular complexity index is 1250. The fourth-order valence-electron chi connectivity index (χ4n) is 3.60. The highest BCUT2D eigenvalue weighted by molar-refractivity contribution is 6.02. The molecule has 2 heterocycles. The normalized spacial score (nSPS) is 12.8. The van der Waals surface area contributed by atoms with Gasteiger partial charge in [-0.3, -0.25) is 19.3 Å². The second-order valence-electron chi connectivity index (χ2n) is 8.42. The number of hydrogen-bond donors (Lipinski definition) is 1. The van der Waals surface area contributed by atoms with E-state index in [4.69, 9.17) is 13.9 Å². The van der Waals surface area contributed by atoms with E-state index in [1.807, 2.05) is 39.0 Å². The van der Waals surface area contributed by atoms with Crippen molar-refractivity contribution in [2.75, 3.05) is 18.1 Å². The molecule has 2 amide bonds. The Kier molecular flexibility index (Phi) is 7.14. The molecule has 0 bridgehead atoms. The number of ether oxygens (including phenoxy) is 2. The van der Waals surface area contributed by atoms with E-state index in [2.05, 4.69) is 10.3 Å². The second kappa shape index (κ2) is 10.4. The highest BCUT2D eigenvalue weighted by atomic mass is 16.5. The molecule has 9 heteroatoms. The molecule has 2 aromatic carbocycles. The number of Topliss-reactive ketones (excluding diaryl/α,β-unsaturated/α-hetero) is 1. The molecule has 1 aliphatic rings. The summed E-state index contributed by atoms with van der Waals surface area (Å²) in [7, 11) is 0. The molecule has 0 unspecified atom stereocenters. The van der Waals surface area contributed by atoms with E-state index in [1.165, 1.54) is 11.2 Å². The van der Waals surface area contributed by atoms with Crippen LogP contribution < -0.4 is 19.7 Å². The number of anilines is 1. The fourth-order valence-corrected chi connectivity index (χ4v) is 3.60. The van der Waals surface area contributed by atoms with Crippen LogP contribution in [-0.2, 0) is 17.8 Å². The van der Waals surface area contributed by atoms with Crippen molar-refractivity contribution in [1.29, 1.82) is 0 Å². The Morgan fingerprint density at radius 3 is 2.80 bits per heavy atom. The van der Waals surface area contributed by atoms with Crippen LogP contribution in [0.25, 0.3) is 0 Å². The zero-order valence-corrected chi connectivity index (χ0v) is 19.9. The summed E-state index contributed by atoms with van der Waals surface area (Å²) in [6.45, 7) is 5.42. The summed E-state index contributed by atoms with van der Waals surface area (Å²) in [6.07, 6.45) is 2.12. The lowest BCUT2D eigenvalue weighted by atomic mass is 10.1. The van der Waals surface area contributed by atoms with Crippen molar-refractivity contribution >= 4 is 23.3 Å². The first-order valence-corrected chi connectivity index (χ1v) is 11.4. The molecule has 182 valence electrons. The molecule has 0 spiro atoms. The number of ketones is 1. The van der Waals surface area contributed by atoms with E-state index in [0.29, 0.717) is 22.7 Å². The van der Waals surface area contributed by atoms with Crippen LogP contribution in [0.5, 0.6) is 11.5 Å². The molecule has 0 saturated heterocycles. The predicted octanol–water partition coefficient (Wildman–Crippen LogP) is 3.56. The number of amides is 2. The summed E-state index contributed by atoms with van der Waals surface area (Å²) in [6, 6.07) is 12.4. The Balaban J connectivity index is 1.49. The standard InChI is InChI=1S/C26H27N3O6/c1-4-17-6-5-7-19(10-17)33-14-22(30)18-8-9-23-21(11-18)29(25(31)15-34-23)12-24-28-20(13-35-24)26(32)27-16(2)3/h5-11,13,16H,4,12,14-15H2,1-3H3,(H,27,32). The molecule has 0 saturated carbocycles. The summed E-state index contributed by atoms with van der Waals surface area (Å²) in [4.78, 5) is 43.3. The van der Waals surface area contributed by atoms with Crippen LogP contribution in [0.3, 0.4) is 0 Å². The van der Waals surface area contributed by atoms with Crippen LogP contribution in [0.15, 0.2) is 53.1 Å². The summed E-state index contributed by atoms with van der Waals surface area (Å²) >= 11 is 0. The average molecular weight is 478 g/mol. The minimum absolute atomic E-state index is 0.0118. The van der Waals surface area contributed by atoms with Crippen molar-refractivity contribution in [2.24, 2.45) is 0 Å². The van der Waals surface area contributed by atoms with Crippen LogP contribution in [0, 0.1) is 0 Å². The molecule has 0 atom stereocenters. The maximum Gasteiger partial charge on any atom is 0.273 e. The van der Waals surface area contributed by atoms with Gasteiger partial charge in [0.2, 0.25) is 5.89 Å². The summed E-state index contributed by atoms with van der Waals surface area (Å²) in [5.41, 5.74) is 2.05. The maximum absolute atomic E-state index is 12.8. The predicted molar refractivity (Wildman–Crippen MR) is 128 cm³/mol. The third-order valence-corrected chi connectivity index (χ3v) is 5.40. The molecule has 1 aromatic heterocycles. The Morgan fingerprint density at radius 1 is 1.20 bits per heavy atom. The Hall–Kier alpha value is -4.14. The lowest BCUT2D eigenvalue weighted by Crippen LogP contribution is -2.38. The van der Waals surface area contributed by atoms with Gasteiger partial charge in [-0.25, -0.2) is 4.98 Å². The van der Waals surface area contributed by atoms with Crippen molar-refractivity contribution in [1.82, 2.24) is 10.3 Å². The van der Waals surface area contributed by atoms with Gasteiger partial charge in [-0.1, -0.05) is 19.1 Å². The number of fused-ring (bicyclic) bond motifs is 1. The molecule has 0 radical (unpaired) electrons. The zero-order valence-electron chi connectivity index (χ0n) is 19.9. The van der Waals surface area contributed by atoms with Gasteiger partial charge in [-0.05, 0) is 56.2 Å². The smallest absolute Gasteiger partial charge is 0.273 e. The first-order valence-electron chi connectivity index (χ1n) is 11.4. The van der Waals surface area contributed by atoms with Gasteiger partial charge >= 0.3 is 0 Å². The van der Waals surface area contributed by atoms with Crippen molar-refractivity contribution in [3.8, 4) is 11.5 Å². The van der Waals surface area contributed by atoms with Gasteiger partial charge in [0.05, 0.1) is 5.69 Å². The average Bonchev–Trinajstić information content (AvgIpc) is 3.32. The topological polar surface area (TPSA) is 111 Å². The largest absolute Gasteiger partial charge is 0.485 e. The third kappa shape index (κ3) is 5.68. The molecule has 1 N–H and O–H groups in total. The number of aromatic nitrogens is 1. The van der Waals surface area contributed by atoms with E-state index in [0.717, 1.165) is 12.0 Å². The number of carbonyl (C=O) groups is 3. The third-order valence-electron chi connectivity index (χ3n) is 5.40. The van der Waals surface area contributed by atoms with Gasteiger partial charge in [0, 0.05) is 11.6 Å². The summed E-state index contributed by atoms with van der Waals surface area (Å²) in [5, 5.41) is 2.74.